The average Bonchev–Trinajstić information content (AvgIpc) is 3.07. The van der Waals surface area contributed by atoms with Crippen molar-refractivity contribution in [2.24, 2.45) is 0 Å². The summed E-state index contributed by atoms with van der Waals surface area (Å²) in [5, 5.41) is 70.4. The molecule has 0 aliphatic carbocycles. The van der Waals surface area contributed by atoms with Crippen molar-refractivity contribution in [2.45, 2.75) is 68.1 Å². The molecule has 2 fully saturated rings. The van der Waals surface area contributed by atoms with E-state index in [1.165, 1.54) is 6.07 Å². The molecular formula is C21H28O13. The lowest BCUT2D eigenvalue weighted by Crippen LogP contribution is -2.60. The van der Waals surface area contributed by atoms with Crippen molar-refractivity contribution in [1.82, 2.24) is 0 Å². The van der Waals surface area contributed by atoms with Crippen LogP contribution in [0.3, 0.4) is 0 Å². The normalized spacial score (nSPS) is 40.0. The number of benzene rings is 1. The summed E-state index contributed by atoms with van der Waals surface area (Å²) in [6.45, 7) is 0.104. The number of cyclic esters (lactones) is 1. The molecule has 13 heteroatoms. The molecule has 0 bridgehead atoms. The Kier molecular flexibility index (Phi) is 7.01. The van der Waals surface area contributed by atoms with Crippen LogP contribution in [0.1, 0.15) is 22.8 Å². The smallest absolute Gasteiger partial charge is 0.342 e. The first kappa shape index (κ1) is 25.0. The van der Waals surface area contributed by atoms with Crippen LogP contribution in [0.2, 0.25) is 0 Å². The Morgan fingerprint density at radius 3 is 2.53 bits per heavy atom. The SMILES string of the molecule is C[C@@H]1Cc2cc(O[C@H]3O[C@@H](CO[C@@H]4OC[C@@](O)(CO)[C@H]4O)[C@H](O)[C@@H](O)[C@@H]3O)cc(O)c2C(=O)O1. The minimum atomic E-state index is -1.91. The highest BCUT2D eigenvalue weighted by molar-refractivity contribution is 5.95. The lowest BCUT2D eigenvalue weighted by atomic mass is 9.97. The van der Waals surface area contributed by atoms with Crippen molar-refractivity contribution in [1.29, 1.82) is 0 Å². The van der Waals surface area contributed by atoms with Crippen molar-refractivity contribution in [2.75, 3.05) is 19.8 Å². The number of hydrogen-bond acceptors (Lipinski definition) is 13. The van der Waals surface area contributed by atoms with Crippen molar-refractivity contribution in [3.8, 4) is 11.5 Å². The molecular weight excluding hydrogens is 460 g/mol. The molecule has 190 valence electrons. The van der Waals surface area contributed by atoms with E-state index in [1.807, 2.05) is 0 Å². The van der Waals surface area contributed by atoms with E-state index in [0.29, 0.717) is 12.0 Å². The molecule has 0 radical (unpaired) electrons. The van der Waals surface area contributed by atoms with Crippen molar-refractivity contribution >= 4 is 5.97 Å². The van der Waals surface area contributed by atoms with Crippen LogP contribution in [0.4, 0.5) is 0 Å². The van der Waals surface area contributed by atoms with Gasteiger partial charge in [-0.15, -0.1) is 0 Å². The number of fused-ring (bicyclic) bond motifs is 1. The quantitative estimate of drug-likeness (QED) is 0.202. The lowest BCUT2D eigenvalue weighted by Gasteiger charge is -2.40. The van der Waals surface area contributed by atoms with Crippen LogP contribution >= 0.6 is 0 Å². The van der Waals surface area contributed by atoms with Gasteiger partial charge in [-0.3, -0.25) is 0 Å². The van der Waals surface area contributed by atoms with Crippen LogP contribution in [0.5, 0.6) is 11.5 Å². The molecule has 1 aromatic carbocycles. The predicted molar refractivity (Wildman–Crippen MR) is 108 cm³/mol. The topological polar surface area (TPSA) is 205 Å². The molecule has 9 atom stereocenters. The summed E-state index contributed by atoms with van der Waals surface area (Å²) in [6.07, 6.45) is -10.7. The van der Waals surface area contributed by atoms with Crippen LogP contribution in [-0.4, -0.2) is 116 Å². The number of aliphatic hydroxyl groups is 6. The molecule has 0 unspecified atom stereocenters. The Bertz CT molecular complexity index is 909. The number of ether oxygens (including phenoxy) is 5. The fraction of sp³-hybridized carbons (Fsp3) is 0.667. The number of rotatable bonds is 6. The van der Waals surface area contributed by atoms with E-state index in [4.69, 9.17) is 23.7 Å². The average molecular weight is 488 g/mol. The van der Waals surface area contributed by atoms with Crippen molar-refractivity contribution < 1.29 is 64.2 Å². The maximum absolute atomic E-state index is 12.0. The number of phenols is 1. The Morgan fingerprint density at radius 2 is 1.85 bits per heavy atom. The first-order chi connectivity index (χ1) is 16.0. The highest BCUT2D eigenvalue weighted by Crippen LogP contribution is 2.35. The third-order valence-electron chi connectivity index (χ3n) is 6.12. The van der Waals surface area contributed by atoms with E-state index in [2.05, 4.69) is 0 Å². The third-order valence-corrected chi connectivity index (χ3v) is 6.12. The van der Waals surface area contributed by atoms with E-state index in [1.54, 1.807) is 6.92 Å². The zero-order valence-electron chi connectivity index (χ0n) is 18.2. The number of hydrogen-bond donors (Lipinski definition) is 7. The largest absolute Gasteiger partial charge is 0.507 e. The second-order valence-corrected chi connectivity index (χ2v) is 8.75. The summed E-state index contributed by atoms with van der Waals surface area (Å²) >= 11 is 0. The van der Waals surface area contributed by atoms with Gasteiger partial charge in [-0.1, -0.05) is 0 Å². The monoisotopic (exact) mass is 488 g/mol. The molecule has 0 amide bonds. The molecule has 3 aliphatic rings. The molecule has 7 N–H and O–H groups in total. The maximum atomic E-state index is 12.0. The number of esters is 1. The predicted octanol–water partition coefficient (Wildman–Crippen LogP) is -2.86. The van der Waals surface area contributed by atoms with Gasteiger partial charge < -0.3 is 59.4 Å². The molecule has 1 aromatic rings. The second-order valence-electron chi connectivity index (χ2n) is 8.75. The van der Waals surface area contributed by atoms with Gasteiger partial charge in [0.05, 0.1) is 19.8 Å². The van der Waals surface area contributed by atoms with Crippen molar-refractivity contribution in [3.63, 3.8) is 0 Å². The van der Waals surface area contributed by atoms with Gasteiger partial charge >= 0.3 is 5.97 Å². The summed E-state index contributed by atoms with van der Waals surface area (Å²) in [5.41, 5.74) is -1.43. The summed E-state index contributed by atoms with van der Waals surface area (Å²) in [5.74, 6) is -1.03. The van der Waals surface area contributed by atoms with Gasteiger partial charge in [0.2, 0.25) is 6.29 Å². The van der Waals surface area contributed by atoms with Gasteiger partial charge in [0.1, 0.15) is 59.3 Å². The Hall–Kier alpha value is -2.07. The van der Waals surface area contributed by atoms with E-state index in [0.717, 1.165) is 6.07 Å². The fourth-order valence-electron chi connectivity index (χ4n) is 4.12. The fourth-order valence-corrected chi connectivity index (χ4v) is 4.12. The third kappa shape index (κ3) is 4.58. The highest BCUT2D eigenvalue weighted by Gasteiger charge is 2.50. The molecule has 4 rings (SSSR count). The van der Waals surface area contributed by atoms with Gasteiger partial charge in [-0.2, -0.15) is 0 Å². The number of carbonyl (C=O) groups is 1. The van der Waals surface area contributed by atoms with Crippen LogP contribution in [-0.2, 0) is 25.4 Å². The van der Waals surface area contributed by atoms with Gasteiger partial charge in [-0.05, 0) is 18.6 Å². The lowest BCUT2D eigenvalue weighted by molar-refractivity contribution is -0.289. The minimum absolute atomic E-state index is 0.00949. The van der Waals surface area contributed by atoms with Gasteiger partial charge in [0.25, 0.3) is 0 Å². The van der Waals surface area contributed by atoms with Crippen LogP contribution in [0.15, 0.2) is 12.1 Å². The molecule has 2 saturated heterocycles. The zero-order valence-corrected chi connectivity index (χ0v) is 18.2. The standard InChI is InChI=1S/C21H28O13/c1-8-2-9-3-10(4-11(23)13(9)18(28)32-8)33-19-16(26)15(25)14(24)12(34-19)5-30-20-17(27)21(29,6-22)7-31-20/h3-4,8,12,14-17,19-20,22-27,29H,2,5-7H2,1H3/t8-,12+,14+,15-,16+,17+,19+,20-,21+/m1/s1. The summed E-state index contributed by atoms with van der Waals surface area (Å²) in [7, 11) is 0. The Labute approximate surface area is 193 Å². The van der Waals surface area contributed by atoms with Gasteiger partial charge in [0.15, 0.2) is 6.29 Å². The zero-order chi connectivity index (χ0) is 24.8. The summed E-state index contributed by atoms with van der Waals surface area (Å²) < 4.78 is 26.7. The molecule has 34 heavy (non-hydrogen) atoms. The maximum Gasteiger partial charge on any atom is 0.342 e. The molecule has 13 nitrogen and oxygen atoms in total. The van der Waals surface area contributed by atoms with E-state index in [-0.39, 0.29) is 23.7 Å². The second kappa shape index (κ2) is 9.53. The Balaban J connectivity index is 1.45. The van der Waals surface area contributed by atoms with E-state index in [9.17, 15) is 40.5 Å². The van der Waals surface area contributed by atoms with Gasteiger partial charge in [0, 0.05) is 12.5 Å². The number of aliphatic hydroxyl groups excluding tert-OH is 5. The van der Waals surface area contributed by atoms with E-state index >= 15 is 0 Å². The minimum Gasteiger partial charge on any atom is -0.507 e. The summed E-state index contributed by atoms with van der Waals surface area (Å²) in [6, 6.07) is 2.61. The van der Waals surface area contributed by atoms with Crippen LogP contribution < -0.4 is 4.74 Å². The molecule has 3 heterocycles. The number of aromatic hydroxyl groups is 1. The number of phenolic OH excluding ortho intramolecular Hbond substituents is 1. The van der Waals surface area contributed by atoms with E-state index < -0.39 is 74.0 Å². The van der Waals surface area contributed by atoms with Gasteiger partial charge in [-0.25, -0.2) is 4.79 Å². The number of carbonyl (C=O) groups excluding carboxylic acids is 1. The Morgan fingerprint density at radius 1 is 1.12 bits per heavy atom. The molecule has 0 aromatic heterocycles. The molecule has 0 saturated carbocycles. The first-order valence-electron chi connectivity index (χ1n) is 10.7. The highest BCUT2D eigenvalue weighted by atomic mass is 16.7. The summed E-state index contributed by atoms with van der Waals surface area (Å²) in [4.78, 5) is 12.0. The van der Waals surface area contributed by atoms with Crippen molar-refractivity contribution in [3.05, 3.63) is 23.3 Å². The van der Waals surface area contributed by atoms with Crippen LogP contribution in [0.25, 0.3) is 0 Å². The molecule has 0 spiro atoms. The first-order valence-corrected chi connectivity index (χ1v) is 10.7. The van der Waals surface area contributed by atoms with Crippen LogP contribution in [0, 0.1) is 0 Å². The molecule has 3 aliphatic heterocycles.